The largest absolute Gasteiger partial charge is 0.481 e. The number of carboxylic acid groups (broad SMARTS) is 1. The average Bonchev–Trinajstić information content (AvgIpc) is 2.13. The second-order valence-electron chi connectivity index (χ2n) is 4.54. The number of amides is 2. The van der Waals surface area contributed by atoms with Gasteiger partial charge in [0.15, 0.2) is 0 Å². The van der Waals surface area contributed by atoms with Crippen molar-refractivity contribution < 1.29 is 14.7 Å². The Kier molecular flexibility index (Phi) is 4.72. The summed E-state index contributed by atoms with van der Waals surface area (Å²) in [5.74, 6) is -0.956. The zero-order valence-electron chi connectivity index (χ0n) is 10.2. The van der Waals surface area contributed by atoms with Gasteiger partial charge in [-0.3, -0.25) is 4.79 Å². The van der Waals surface area contributed by atoms with Crippen LogP contribution < -0.4 is 10.6 Å². The van der Waals surface area contributed by atoms with Gasteiger partial charge in [-0.1, -0.05) is 22.0 Å². The topological polar surface area (TPSA) is 78.4 Å². The molecule has 18 heavy (non-hydrogen) atoms. The van der Waals surface area contributed by atoms with Crippen LogP contribution >= 0.6 is 15.9 Å². The molecule has 0 spiro atoms. The highest BCUT2D eigenvalue weighted by molar-refractivity contribution is 9.10. The molecule has 0 radical (unpaired) electrons. The lowest BCUT2D eigenvalue weighted by Gasteiger charge is -2.24. The molecular weight excluding hydrogens is 300 g/mol. The molecule has 1 rings (SSSR count). The lowest BCUT2D eigenvalue weighted by Crippen LogP contribution is -2.46. The Labute approximate surface area is 114 Å². The molecule has 2 amide bonds. The fourth-order valence-electron chi connectivity index (χ4n) is 1.46. The molecule has 98 valence electrons. The molecule has 0 atom stereocenters. The summed E-state index contributed by atoms with van der Waals surface area (Å²) in [6.07, 6.45) is -0.140. The normalized spacial score (nSPS) is 10.8. The highest BCUT2D eigenvalue weighted by atomic mass is 79.9. The molecule has 0 aromatic heterocycles. The molecule has 0 saturated heterocycles. The van der Waals surface area contributed by atoms with E-state index in [2.05, 4.69) is 26.6 Å². The Balaban J connectivity index is 2.59. The van der Waals surface area contributed by atoms with Crippen LogP contribution in [0.4, 0.5) is 10.5 Å². The lowest BCUT2D eigenvalue weighted by atomic mass is 10.0. The minimum atomic E-state index is -0.956. The standard InChI is InChI=1S/C12H15BrN2O3/c1-12(2,7-10(16)17)15-11(18)14-9-5-3-4-8(13)6-9/h3-6H,7H2,1-2H3,(H,16,17)(H2,14,15,18). The Morgan fingerprint density at radius 1 is 1.39 bits per heavy atom. The van der Waals surface area contributed by atoms with Gasteiger partial charge in [-0.25, -0.2) is 4.79 Å². The molecule has 1 aromatic carbocycles. The Bertz CT molecular complexity index is 460. The number of urea groups is 1. The quantitative estimate of drug-likeness (QED) is 0.799. The van der Waals surface area contributed by atoms with Gasteiger partial charge in [0.05, 0.1) is 6.42 Å². The smallest absolute Gasteiger partial charge is 0.319 e. The van der Waals surface area contributed by atoms with E-state index in [1.807, 2.05) is 6.07 Å². The third kappa shape index (κ3) is 5.18. The van der Waals surface area contributed by atoms with Crippen LogP contribution in [0.5, 0.6) is 0 Å². The van der Waals surface area contributed by atoms with Crippen molar-refractivity contribution in [2.75, 3.05) is 5.32 Å². The van der Waals surface area contributed by atoms with Crippen molar-refractivity contribution in [3.05, 3.63) is 28.7 Å². The number of anilines is 1. The van der Waals surface area contributed by atoms with Gasteiger partial charge in [-0.15, -0.1) is 0 Å². The van der Waals surface area contributed by atoms with Crippen LogP contribution in [0.25, 0.3) is 0 Å². The van der Waals surface area contributed by atoms with Gasteiger partial charge in [-0.05, 0) is 32.0 Å². The van der Waals surface area contributed by atoms with Gasteiger partial charge in [0.2, 0.25) is 0 Å². The summed E-state index contributed by atoms with van der Waals surface area (Å²) in [5, 5.41) is 14.0. The van der Waals surface area contributed by atoms with Crippen molar-refractivity contribution >= 4 is 33.6 Å². The molecule has 0 aliphatic carbocycles. The number of benzene rings is 1. The van der Waals surface area contributed by atoms with Crippen molar-refractivity contribution in [2.24, 2.45) is 0 Å². The molecular formula is C12H15BrN2O3. The van der Waals surface area contributed by atoms with Crippen LogP contribution in [0.2, 0.25) is 0 Å². The first-order chi connectivity index (χ1) is 8.28. The molecule has 0 aliphatic rings. The van der Waals surface area contributed by atoms with Crippen LogP contribution in [0.1, 0.15) is 20.3 Å². The molecule has 6 heteroatoms. The molecule has 0 saturated carbocycles. The van der Waals surface area contributed by atoms with Gasteiger partial charge in [0, 0.05) is 15.7 Å². The van der Waals surface area contributed by atoms with Crippen molar-refractivity contribution in [2.45, 2.75) is 25.8 Å². The number of carbonyl (C=O) groups excluding carboxylic acids is 1. The van der Waals surface area contributed by atoms with E-state index in [-0.39, 0.29) is 6.42 Å². The first kappa shape index (κ1) is 14.5. The highest BCUT2D eigenvalue weighted by Crippen LogP contribution is 2.16. The van der Waals surface area contributed by atoms with Crippen LogP contribution in [0.3, 0.4) is 0 Å². The second kappa shape index (κ2) is 5.86. The predicted molar refractivity (Wildman–Crippen MR) is 72.6 cm³/mol. The fourth-order valence-corrected chi connectivity index (χ4v) is 1.86. The number of hydrogen-bond acceptors (Lipinski definition) is 2. The lowest BCUT2D eigenvalue weighted by molar-refractivity contribution is -0.138. The predicted octanol–water partition coefficient (Wildman–Crippen LogP) is 2.82. The molecule has 0 unspecified atom stereocenters. The summed E-state index contributed by atoms with van der Waals surface area (Å²) < 4.78 is 0.852. The first-order valence-corrected chi connectivity index (χ1v) is 6.14. The number of aliphatic carboxylic acids is 1. The number of nitrogens with one attached hydrogen (secondary N) is 2. The number of carbonyl (C=O) groups is 2. The molecule has 0 bridgehead atoms. The molecule has 0 fully saturated rings. The van der Waals surface area contributed by atoms with E-state index in [0.29, 0.717) is 5.69 Å². The maximum absolute atomic E-state index is 11.7. The average molecular weight is 315 g/mol. The van der Waals surface area contributed by atoms with E-state index in [0.717, 1.165) is 4.47 Å². The number of rotatable bonds is 4. The van der Waals surface area contributed by atoms with Gasteiger partial charge in [-0.2, -0.15) is 0 Å². The highest BCUT2D eigenvalue weighted by Gasteiger charge is 2.23. The van der Waals surface area contributed by atoms with E-state index < -0.39 is 17.5 Å². The van der Waals surface area contributed by atoms with Crippen LogP contribution in [0.15, 0.2) is 28.7 Å². The Morgan fingerprint density at radius 3 is 2.61 bits per heavy atom. The van der Waals surface area contributed by atoms with Crippen molar-refractivity contribution in [1.29, 1.82) is 0 Å². The third-order valence-corrected chi connectivity index (χ3v) is 2.62. The van der Waals surface area contributed by atoms with E-state index in [4.69, 9.17) is 5.11 Å². The summed E-state index contributed by atoms with van der Waals surface area (Å²) >= 11 is 3.30. The van der Waals surface area contributed by atoms with Crippen LogP contribution in [0, 0.1) is 0 Å². The first-order valence-electron chi connectivity index (χ1n) is 5.35. The van der Waals surface area contributed by atoms with Crippen molar-refractivity contribution in [1.82, 2.24) is 5.32 Å². The SMILES string of the molecule is CC(C)(CC(=O)O)NC(=O)Nc1cccc(Br)c1. The van der Waals surface area contributed by atoms with E-state index in [9.17, 15) is 9.59 Å². The number of carboxylic acids is 1. The van der Waals surface area contributed by atoms with E-state index >= 15 is 0 Å². The minimum Gasteiger partial charge on any atom is -0.481 e. The third-order valence-electron chi connectivity index (χ3n) is 2.13. The van der Waals surface area contributed by atoms with Gasteiger partial charge in [0.25, 0.3) is 0 Å². The Morgan fingerprint density at radius 2 is 2.06 bits per heavy atom. The van der Waals surface area contributed by atoms with Gasteiger partial charge < -0.3 is 15.7 Å². The van der Waals surface area contributed by atoms with E-state index in [1.54, 1.807) is 32.0 Å². The minimum absolute atomic E-state index is 0.140. The summed E-state index contributed by atoms with van der Waals surface area (Å²) in [5.41, 5.74) is -0.171. The Hall–Kier alpha value is -1.56. The van der Waals surface area contributed by atoms with Gasteiger partial charge in [0.1, 0.15) is 0 Å². The monoisotopic (exact) mass is 314 g/mol. The fraction of sp³-hybridized carbons (Fsp3) is 0.333. The maximum atomic E-state index is 11.7. The van der Waals surface area contributed by atoms with E-state index in [1.165, 1.54) is 0 Å². The summed E-state index contributed by atoms with van der Waals surface area (Å²) in [7, 11) is 0. The van der Waals surface area contributed by atoms with Crippen LogP contribution in [-0.4, -0.2) is 22.6 Å². The molecule has 1 aromatic rings. The summed E-state index contributed by atoms with van der Waals surface area (Å²) in [6, 6.07) is 6.71. The second-order valence-corrected chi connectivity index (χ2v) is 5.46. The zero-order valence-corrected chi connectivity index (χ0v) is 11.7. The number of halogens is 1. The maximum Gasteiger partial charge on any atom is 0.319 e. The molecule has 5 nitrogen and oxygen atoms in total. The molecule has 0 aliphatic heterocycles. The molecule has 0 heterocycles. The van der Waals surface area contributed by atoms with Crippen molar-refractivity contribution in [3.63, 3.8) is 0 Å². The number of hydrogen-bond donors (Lipinski definition) is 3. The summed E-state index contributed by atoms with van der Waals surface area (Å²) in [4.78, 5) is 22.3. The zero-order chi connectivity index (χ0) is 13.8. The summed E-state index contributed by atoms with van der Waals surface area (Å²) in [6.45, 7) is 3.31. The van der Waals surface area contributed by atoms with Gasteiger partial charge >= 0.3 is 12.0 Å². The molecule has 3 N–H and O–H groups in total. The van der Waals surface area contributed by atoms with Crippen molar-refractivity contribution in [3.8, 4) is 0 Å². The van der Waals surface area contributed by atoms with Crippen LogP contribution in [-0.2, 0) is 4.79 Å².